The molecule has 3 heteroatoms. The lowest BCUT2D eigenvalue weighted by molar-refractivity contribution is 0.198. The standard InChI is InChI=1S/C14H18O3/c1-10-6-13-12(9-17-10)7-11(4-3-5-15)8-14(13)16-2/h6-8,15H,3-5,9H2,1-2H3. The molecule has 1 heterocycles. The maximum atomic E-state index is 8.86. The zero-order valence-electron chi connectivity index (χ0n) is 10.3. The molecule has 0 aliphatic carbocycles. The SMILES string of the molecule is COc1cc(CCCO)cc2c1C=C(C)OC2. The van der Waals surface area contributed by atoms with E-state index in [1.165, 1.54) is 5.56 Å². The van der Waals surface area contributed by atoms with Crippen molar-refractivity contribution in [2.24, 2.45) is 0 Å². The Morgan fingerprint density at radius 2 is 2.24 bits per heavy atom. The molecular weight excluding hydrogens is 216 g/mol. The number of hydrogen-bond donors (Lipinski definition) is 1. The highest BCUT2D eigenvalue weighted by Crippen LogP contribution is 2.31. The molecule has 0 saturated heterocycles. The van der Waals surface area contributed by atoms with Crippen LogP contribution in [0.25, 0.3) is 6.08 Å². The van der Waals surface area contributed by atoms with Crippen LogP contribution in [0.1, 0.15) is 30.0 Å². The molecule has 0 saturated carbocycles. The Kier molecular flexibility index (Phi) is 3.69. The first-order chi connectivity index (χ1) is 8.24. The van der Waals surface area contributed by atoms with Crippen molar-refractivity contribution in [3.05, 3.63) is 34.6 Å². The maximum absolute atomic E-state index is 8.86. The van der Waals surface area contributed by atoms with Crippen molar-refractivity contribution in [1.29, 1.82) is 0 Å². The van der Waals surface area contributed by atoms with Gasteiger partial charge < -0.3 is 14.6 Å². The lowest BCUT2D eigenvalue weighted by Crippen LogP contribution is -2.04. The van der Waals surface area contributed by atoms with Gasteiger partial charge in [0.25, 0.3) is 0 Å². The van der Waals surface area contributed by atoms with Crippen LogP contribution in [0, 0.1) is 0 Å². The number of ether oxygens (including phenoxy) is 2. The van der Waals surface area contributed by atoms with Gasteiger partial charge in [-0.1, -0.05) is 6.07 Å². The fraction of sp³-hybridized carbons (Fsp3) is 0.429. The molecule has 0 bridgehead atoms. The Morgan fingerprint density at radius 1 is 1.41 bits per heavy atom. The topological polar surface area (TPSA) is 38.7 Å². The monoisotopic (exact) mass is 234 g/mol. The first-order valence-electron chi connectivity index (χ1n) is 5.86. The summed E-state index contributed by atoms with van der Waals surface area (Å²) in [7, 11) is 1.68. The first kappa shape index (κ1) is 12.0. The van der Waals surface area contributed by atoms with Crippen molar-refractivity contribution in [3.63, 3.8) is 0 Å². The van der Waals surface area contributed by atoms with Gasteiger partial charge >= 0.3 is 0 Å². The molecule has 17 heavy (non-hydrogen) atoms. The second-order valence-corrected chi connectivity index (χ2v) is 4.24. The van der Waals surface area contributed by atoms with Crippen LogP contribution in [0.3, 0.4) is 0 Å². The Bertz CT molecular complexity index is 435. The van der Waals surface area contributed by atoms with Gasteiger partial charge in [-0.2, -0.15) is 0 Å². The number of aliphatic hydroxyl groups is 1. The molecule has 0 amide bonds. The lowest BCUT2D eigenvalue weighted by atomic mass is 9.98. The van der Waals surface area contributed by atoms with Gasteiger partial charge in [-0.25, -0.2) is 0 Å². The van der Waals surface area contributed by atoms with Crippen LogP contribution in [0.4, 0.5) is 0 Å². The highest BCUT2D eigenvalue weighted by molar-refractivity contribution is 5.64. The highest BCUT2D eigenvalue weighted by atomic mass is 16.5. The number of allylic oxidation sites excluding steroid dienone is 1. The lowest BCUT2D eigenvalue weighted by Gasteiger charge is -2.19. The van der Waals surface area contributed by atoms with Gasteiger partial charge in [0.1, 0.15) is 12.4 Å². The molecular formula is C14H18O3. The molecule has 0 radical (unpaired) electrons. The predicted molar refractivity (Wildman–Crippen MR) is 66.8 cm³/mol. The van der Waals surface area contributed by atoms with Crippen LogP contribution in [-0.2, 0) is 17.8 Å². The van der Waals surface area contributed by atoms with Crippen molar-refractivity contribution >= 4 is 6.08 Å². The summed E-state index contributed by atoms with van der Waals surface area (Å²) in [6, 6.07) is 4.18. The minimum absolute atomic E-state index is 0.217. The Morgan fingerprint density at radius 3 is 2.94 bits per heavy atom. The molecule has 1 aromatic carbocycles. The van der Waals surface area contributed by atoms with Crippen LogP contribution in [-0.4, -0.2) is 18.8 Å². The first-order valence-corrected chi connectivity index (χ1v) is 5.86. The van der Waals surface area contributed by atoms with E-state index in [0.717, 1.165) is 35.5 Å². The van der Waals surface area contributed by atoms with E-state index in [2.05, 4.69) is 6.07 Å². The number of fused-ring (bicyclic) bond motifs is 1. The molecule has 92 valence electrons. The summed E-state index contributed by atoms with van der Waals surface area (Å²) in [5.74, 6) is 1.80. The molecule has 3 nitrogen and oxygen atoms in total. The third-order valence-corrected chi connectivity index (χ3v) is 2.93. The van der Waals surface area contributed by atoms with E-state index in [1.807, 2.05) is 19.1 Å². The minimum atomic E-state index is 0.217. The zero-order chi connectivity index (χ0) is 12.3. The molecule has 0 fully saturated rings. The zero-order valence-corrected chi connectivity index (χ0v) is 10.3. The van der Waals surface area contributed by atoms with Gasteiger partial charge in [0, 0.05) is 17.7 Å². The van der Waals surface area contributed by atoms with Gasteiger partial charge in [-0.05, 0) is 37.5 Å². The maximum Gasteiger partial charge on any atom is 0.126 e. The smallest absolute Gasteiger partial charge is 0.126 e. The predicted octanol–water partition coefficient (Wildman–Crippen LogP) is 2.51. The molecule has 2 rings (SSSR count). The number of aliphatic hydroxyl groups excluding tert-OH is 1. The van der Waals surface area contributed by atoms with Gasteiger partial charge in [-0.3, -0.25) is 0 Å². The Hall–Kier alpha value is -1.48. The Balaban J connectivity index is 2.36. The molecule has 0 spiro atoms. The average molecular weight is 234 g/mol. The van der Waals surface area contributed by atoms with Crippen molar-refractivity contribution in [3.8, 4) is 5.75 Å². The van der Waals surface area contributed by atoms with Crippen LogP contribution in [0.2, 0.25) is 0 Å². The number of hydrogen-bond acceptors (Lipinski definition) is 3. The van der Waals surface area contributed by atoms with Crippen molar-refractivity contribution < 1.29 is 14.6 Å². The highest BCUT2D eigenvalue weighted by Gasteiger charge is 2.14. The largest absolute Gasteiger partial charge is 0.496 e. The van der Waals surface area contributed by atoms with Crippen molar-refractivity contribution in [2.75, 3.05) is 13.7 Å². The van der Waals surface area contributed by atoms with Crippen LogP contribution in [0.5, 0.6) is 5.75 Å². The molecule has 0 unspecified atom stereocenters. The quantitative estimate of drug-likeness (QED) is 0.870. The summed E-state index contributed by atoms with van der Waals surface area (Å²) in [6.07, 6.45) is 3.65. The van der Waals surface area contributed by atoms with Gasteiger partial charge in [0.15, 0.2) is 0 Å². The summed E-state index contributed by atoms with van der Waals surface area (Å²) >= 11 is 0. The molecule has 1 aromatic rings. The average Bonchev–Trinajstić information content (AvgIpc) is 2.35. The van der Waals surface area contributed by atoms with Crippen LogP contribution in [0.15, 0.2) is 17.9 Å². The van der Waals surface area contributed by atoms with Gasteiger partial charge in [-0.15, -0.1) is 0 Å². The molecule has 0 aromatic heterocycles. The fourth-order valence-corrected chi connectivity index (χ4v) is 2.06. The summed E-state index contributed by atoms with van der Waals surface area (Å²) < 4.78 is 10.9. The minimum Gasteiger partial charge on any atom is -0.496 e. The summed E-state index contributed by atoms with van der Waals surface area (Å²) in [5.41, 5.74) is 3.46. The van der Waals surface area contributed by atoms with E-state index in [0.29, 0.717) is 6.61 Å². The summed E-state index contributed by atoms with van der Waals surface area (Å²) in [5, 5.41) is 8.86. The van der Waals surface area contributed by atoms with E-state index in [1.54, 1.807) is 7.11 Å². The normalized spacial score (nSPS) is 13.7. The van der Waals surface area contributed by atoms with Gasteiger partial charge in [0.2, 0.25) is 0 Å². The third-order valence-electron chi connectivity index (χ3n) is 2.93. The molecule has 1 aliphatic rings. The van der Waals surface area contributed by atoms with E-state index < -0.39 is 0 Å². The third kappa shape index (κ3) is 2.61. The summed E-state index contributed by atoms with van der Waals surface area (Å²) in [6.45, 7) is 2.76. The molecule has 1 N–H and O–H groups in total. The van der Waals surface area contributed by atoms with Gasteiger partial charge in [0.05, 0.1) is 12.9 Å². The van der Waals surface area contributed by atoms with Crippen molar-refractivity contribution in [1.82, 2.24) is 0 Å². The molecule has 1 aliphatic heterocycles. The van der Waals surface area contributed by atoms with Crippen molar-refractivity contribution in [2.45, 2.75) is 26.4 Å². The van der Waals surface area contributed by atoms with E-state index >= 15 is 0 Å². The fourth-order valence-electron chi connectivity index (χ4n) is 2.06. The number of methoxy groups -OCH3 is 1. The van der Waals surface area contributed by atoms with Crippen LogP contribution < -0.4 is 4.74 Å². The second-order valence-electron chi connectivity index (χ2n) is 4.24. The van der Waals surface area contributed by atoms with E-state index in [-0.39, 0.29) is 6.61 Å². The second kappa shape index (κ2) is 5.23. The number of rotatable bonds is 4. The van der Waals surface area contributed by atoms with E-state index in [4.69, 9.17) is 14.6 Å². The van der Waals surface area contributed by atoms with Crippen LogP contribution >= 0.6 is 0 Å². The molecule has 0 atom stereocenters. The van der Waals surface area contributed by atoms with E-state index in [9.17, 15) is 0 Å². The Labute approximate surface area is 102 Å². The summed E-state index contributed by atoms with van der Waals surface area (Å²) in [4.78, 5) is 0. The number of benzene rings is 1. The number of aryl methyl sites for hydroxylation is 1.